The van der Waals surface area contributed by atoms with Gasteiger partial charge in [0, 0.05) is 27.8 Å². The van der Waals surface area contributed by atoms with E-state index in [-0.39, 0.29) is 10.8 Å². The Bertz CT molecular complexity index is 3460. The van der Waals surface area contributed by atoms with Crippen molar-refractivity contribution in [2.24, 2.45) is 0 Å². The summed E-state index contributed by atoms with van der Waals surface area (Å²) in [7, 11) is 0. The van der Waals surface area contributed by atoms with Gasteiger partial charge in [-0.05, 0) is 131 Å². The minimum atomic E-state index is -0.106. The van der Waals surface area contributed by atoms with E-state index < -0.39 is 0 Å². The first kappa shape index (κ1) is 38.9. The lowest BCUT2D eigenvalue weighted by Crippen LogP contribution is -2.16. The molecule has 0 saturated carbocycles. The molecule has 0 bridgehead atoms. The first-order chi connectivity index (χ1) is 31.8. The molecule has 0 heterocycles. The molecule has 10 aromatic carbocycles. The van der Waals surface area contributed by atoms with Crippen molar-refractivity contribution in [3.8, 4) is 66.8 Å². The Hall–Kier alpha value is -7.74. The molecule has 1 heteroatoms. The lowest BCUT2D eigenvalue weighted by atomic mass is 9.79. The van der Waals surface area contributed by atoms with Crippen LogP contribution in [-0.2, 0) is 10.8 Å². The number of fused-ring (bicyclic) bond motifs is 7. The quantitative estimate of drug-likeness (QED) is 0.155. The van der Waals surface area contributed by atoms with Crippen LogP contribution in [0, 0.1) is 0 Å². The standard InChI is InChI=1S/C64H49N/c1-63(2)57-28-11-8-22-53(57)55-40-35-46(41-59(55)63)49-21-10-13-30-60(49)65(48-38-33-44(34-39-48)52-26-16-27-56-54-23-9-12-29-58(54)64(3,4)62(52)56)47-36-31-43(32-37-47)51-25-15-20-45-19-14-24-50(61(45)51)42-17-6-5-7-18-42/h5-41H,1-4H3. The fourth-order valence-electron chi connectivity index (χ4n) is 11.3. The molecule has 0 atom stereocenters. The highest BCUT2D eigenvalue weighted by molar-refractivity contribution is 6.06. The smallest absolute Gasteiger partial charge is 0.0540 e. The van der Waals surface area contributed by atoms with E-state index in [1.54, 1.807) is 0 Å². The summed E-state index contributed by atoms with van der Waals surface area (Å²) in [6.07, 6.45) is 0. The van der Waals surface area contributed by atoms with Crippen molar-refractivity contribution >= 4 is 27.8 Å². The molecule has 12 rings (SSSR count). The second-order valence-electron chi connectivity index (χ2n) is 18.9. The van der Waals surface area contributed by atoms with Crippen LogP contribution in [0.5, 0.6) is 0 Å². The Labute approximate surface area is 383 Å². The summed E-state index contributed by atoms with van der Waals surface area (Å²) in [5.41, 5.74) is 23.8. The Morgan fingerprint density at radius 1 is 0.292 bits per heavy atom. The molecule has 65 heavy (non-hydrogen) atoms. The second kappa shape index (κ2) is 14.9. The predicted molar refractivity (Wildman–Crippen MR) is 276 cm³/mol. The van der Waals surface area contributed by atoms with Crippen LogP contribution in [0.15, 0.2) is 224 Å². The molecule has 2 aliphatic carbocycles. The third kappa shape index (κ3) is 6.14. The minimum Gasteiger partial charge on any atom is -0.310 e. The molecule has 0 fully saturated rings. The van der Waals surface area contributed by atoms with E-state index in [4.69, 9.17) is 0 Å². The summed E-state index contributed by atoms with van der Waals surface area (Å²) in [5.74, 6) is 0. The average Bonchev–Trinajstić information content (AvgIpc) is 3.74. The number of nitrogens with zero attached hydrogens (tertiary/aromatic N) is 1. The lowest BCUT2D eigenvalue weighted by Gasteiger charge is -2.29. The molecule has 0 aliphatic heterocycles. The van der Waals surface area contributed by atoms with Gasteiger partial charge in [-0.3, -0.25) is 0 Å². The molecule has 2 aliphatic rings. The molecular formula is C64H49N. The third-order valence-electron chi connectivity index (χ3n) is 14.5. The molecule has 0 amide bonds. The summed E-state index contributed by atoms with van der Waals surface area (Å²) < 4.78 is 0. The topological polar surface area (TPSA) is 3.24 Å². The van der Waals surface area contributed by atoms with E-state index in [0.29, 0.717) is 0 Å². The highest BCUT2D eigenvalue weighted by Crippen LogP contribution is 2.53. The van der Waals surface area contributed by atoms with Crippen LogP contribution >= 0.6 is 0 Å². The van der Waals surface area contributed by atoms with Gasteiger partial charge < -0.3 is 4.90 Å². The van der Waals surface area contributed by atoms with E-state index >= 15 is 0 Å². The molecule has 0 saturated heterocycles. The van der Waals surface area contributed by atoms with Crippen LogP contribution in [0.3, 0.4) is 0 Å². The largest absolute Gasteiger partial charge is 0.310 e. The molecule has 1 nitrogen and oxygen atoms in total. The highest BCUT2D eigenvalue weighted by atomic mass is 15.1. The maximum Gasteiger partial charge on any atom is 0.0540 e. The van der Waals surface area contributed by atoms with Gasteiger partial charge in [0.1, 0.15) is 0 Å². The van der Waals surface area contributed by atoms with Gasteiger partial charge >= 0.3 is 0 Å². The Morgan fingerprint density at radius 3 is 1.40 bits per heavy atom. The van der Waals surface area contributed by atoms with Gasteiger partial charge in [-0.25, -0.2) is 0 Å². The third-order valence-corrected chi connectivity index (χ3v) is 14.5. The van der Waals surface area contributed by atoms with Crippen molar-refractivity contribution in [1.29, 1.82) is 0 Å². The number of para-hydroxylation sites is 1. The first-order valence-electron chi connectivity index (χ1n) is 22.9. The van der Waals surface area contributed by atoms with E-state index in [2.05, 4.69) is 257 Å². The van der Waals surface area contributed by atoms with Gasteiger partial charge in [0.2, 0.25) is 0 Å². The van der Waals surface area contributed by atoms with Crippen LogP contribution in [0.1, 0.15) is 49.9 Å². The van der Waals surface area contributed by atoms with Crippen LogP contribution in [0.2, 0.25) is 0 Å². The molecule has 0 spiro atoms. The number of rotatable bonds is 7. The molecule has 310 valence electrons. The summed E-state index contributed by atoms with van der Waals surface area (Å²) in [4.78, 5) is 2.45. The monoisotopic (exact) mass is 831 g/mol. The van der Waals surface area contributed by atoms with Gasteiger partial charge in [-0.15, -0.1) is 0 Å². The van der Waals surface area contributed by atoms with Crippen LogP contribution in [0.4, 0.5) is 17.1 Å². The maximum absolute atomic E-state index is 2.45. The average molecular weight is 832 g/mol. The zero-order chi connectivity index (χ0) is 43.9. The van der Waals surface area contributed by atoms with Gasteiger partial charge in [0.05, 0.1) is 5.69 Å². The van der Waals surface area contributed by atoms with Crippen molar-refractivity contribution in [2.75, 3.05) is 4.90 Å². The number of anilines is 3. The molecule has 0 aromatic heterocycles. The van der Waals surface area contributed by atoms with E-state index in [0.717, 1.165) is 17.1 Å². The number of hydrogen-bond acceptors (Lipinski definition) is 1. The highest BCUT2D eigenvalue weighted by Gasteiger charge is 2.38. The summed E-state index contributed by atoms with van der Waals surface area (Å²) in [6, 6.07) is 83.2. The van der Waals surface area contributed by atoms with Crippen molar-refractivity contribution in [2.45, 2.75) is 38.5 Å². The predicted octanol–water partition coefficient (Wildman–Crippen LogP) is 17.6. The lowest BCUT2D eigenvalue weighted by molar-refractivity contribution is 0.660. The normalized spacial score (nSPS) is 13.8. The number of benzene rings is 10. The zero-order valence-corrected chi connectivity index (χ0v) is 37.3. The second-order valence-corrected chi connectivity index (χ2v) is 18.9. The molecule has 0 N–H and O–H groups in total. The van der Waals surface area contributed by atoms with Crippen LogP contribution in [0.25, 0.3) is 77.5 Å². The van der Waals surface area contributed by atoms with Crippen molar-refractivity contribution < 1.29 is 0 Å². The fraction of sp³-hybridized carbons (Fsp3) is 0.0938. The van der Waals surface area contributed by atoms with Gasteiger partial charge in [0.25, 0.3) is 0 Å². The van der Waals surface area contributed by atoms with Crippen molar-refractivity contribution in [1.82, 2.24) is 0 Å². The van der Waals surface area contributed by atoms with E-state index in [1.807, 2.05) is 0 Å². The number of hydrogen-bond donors (Lipinski definition) is 0. The van der Waals surface area contributed by atoms with Crippen molar-refractivity contribution in [3.63, 3.8) is 0 Å². The van der Waals surface area contributed by atoms with Gasteiger partial charge in [-0.1, -0.05) is 216 Å². The molecule has 0 unspecified atom stereocenters. The zero-order valence-electron chi connectivity index (χ0n) is 37.3. The van der Waals surface area contributed by atoms with E-state index in [9.17, 15) is 0 Å². The Morgan fingerprint density at radius 2 is 0.738 bits per heavy atom. The maximum atomic E-state index is 2.45. The Balaban J connectivity index is 0.998. The van der Waals surface area contributed by atoms with Crippen LogP contribution < -0.4 is 4.90 Å². The molecular weight excluding hydrogens is 783 g/mol. The first-order valence-corrected chi connectivity index (χ1v) is 22.9. The molecule has 0 radical (unpaired) electrons. The summed E-state index contributed by atoms with van der Waals surface area (Å²) >= 11 is 0. The summed E-state index contributed by atoms with van der Waals surface area (Å²) in [6.45, 7) is 9.47. The fourth-order valence-corrected chi connectivity index (χ4v) is 11.3. The van der Waals surface area contributed by atoms with Gasteiger partial charge in [0.15, 0.2) is 0 Å². The molecule has 10 aromatic rings. The van der Waals surface area contributed by atoms with Gasteiger partial charge in [-0.2, -0.15) is 0 Å². The summed E-state index contributed by atoms with van der Waals surface area (Å²) in [5, 5.41) is 2.51. The van der Waals surface area contributed by atoms with E-state index in [1.165, 1.54) is 99.8 Å². The van der Waals surface area contributed by atoms with Crippen molar-refractivity contribution in [3.05, 3.63) is 247 Å². The van der Waals surface area contributed by atoms with Crippen LogP contribution in [-0.4, -0.2) is 0 Å². The minimum absolute atomic E-state index is 0.0994. The SMILES string of the molecule is CC1(C)c2ccccc2-c2ccc(-c3ccccc3N(c3ccc(-c4cccc5c4C(C)(C)c4ccccc4-5)cc3)c3ccc(-c4cccc5cccc(-c6ccccc6)c45)cc3)cc21. The Kier molecular flexibility index (Phi) is 8.94.